The fraction of sp³-hybridized carbons (Fsp3) is 0.0714. The maximum absolute atomic E-state index is 12.2. The molecule has 0 saturated heterocycles. The fourth-order valence-corrected chi connectivity index (χ4v) is 3.97. The Morgan fingerprint density at radius 2 is 1.83 bits per heavy atom. The van der Waals surface area contributed by atoms with E-state index in [-0.39, 0.29) is 17.1 Å². The molecule has 118 valence electrons. The molecule has 7 nitrogen and oxygen atoms in total. The lowest BCUT2D eigenvalue weighted by Gasteiger charge is -2.04. The highest BCUT2D eigenvalue weighted by Gasteiger charge is 2.16. The number of rotatable bonds is 5. The first kappa shape index (κ1) is 15.5. The van der Waals surface area contributed by atoms with Gasteiger partial charge in [0.25, 0.3) is 5.69 Å². The summed E-state index contributed by atoms with van der Waals surface area (Å²) < 4.78 is 27.8. The number of nitro groups is 1. The molecule has 0 fully saturated rings. The number of hydrogen-bond donors (Lipinski definition) is 1. The van der Waals surface area contributed by atoms with E-state index in [0.717, 1.165) is 22.3 Å². The number of non-ortho nitro benzene ring substituents is 1. The van der Waals surface area contributed by atoms with Gasteiger partial charge in [0, 0.05) is 12.1 Å². The second kappa shape index (κ2) is 6.03. The molecule has 0 atom stereocenters. The third kappa shape index (κ3) is 3.36. The van der Waals surface area contributed by atoms with Crippen molar-refractivity contribution in [2.75, 3.05) is 0 Å². The van der Waals surface area contributed by atoms with Crippen molar-refractivity contribution in [1.29, 1.82) is 0 Å². The molecule has 1 heterocycles. The first-order valence-corrected chi connectivity index (χ1v) is 8.84. The molecule has 0 unspecified atom stereocenters. The smallest absolute Gasteiger partial charge is 0.258 e. The van der Waals surface area contributed by atoms with E-state index in [9.17, 15) is 18.5 Å². The lowest BCUT2D eigenvalue weighted by atomic mass is 10.3. The highest BCUT2D eigenvalue weighted by molar-refractivity contribution is 7.89. The SMILES string of the molecule is O=[N+]([O-])c1ccc(S(=O)(=O)NCc2nc3ccccc3s2)cc1. The van der Waals surface area contributed by atoms with Gasteiger partial charge in [0.2, 0.25) is 10.0 Å². The van der Waals surface area contributed by atoms with Gasteiger partial charge in [-0.25, -0.2) is 18.1 Å². The third-order valence-corrected chi connectivity index (χ3v) is 5.56. The van der Waals surface area contributed by atoms with Gasteiger partial charge in [0.1, 0.15) is 5.01 Å². The number of fused-ring (bicyclic) bond motifs is 1. The molecule has 3 aromatic rings. The lowest BCUT2D eigenvalue weighted by molar-refractivity contribution is -0.384. The predicted molar refractivity (Wildman–Crippen MR) is 86.7 cm³/mol. The summed E-state index contributed by atoms with van der Waals surface area (Å²) in [6.45, 7) is 0.0681. The van der Waals surface area contributed by atoms with Crippen molar-refractivity contribution in [3.05, 3.63) is 63.7 Å². The Labute approximate surface area is 135 Å². The Bertz CT molecular complexity index is 932. The Balaban J connectivity index is 1.76. The van der Waals surface area contributed by atoms with Gasteiger partial charge in [-0.05, 0) is 24.3 Å². The Morgan fingerprint density at radius 1 is 1.13 bits per heavy atom. The summed E-state index contributed by atoms with van der Waals surface area (Å²) in [6, 6.07) is 12.3. The molecule has 0 aliphatic rings. The van der Waals surface area contributed by atoms with Crippen molar-refractivity contribution >= 4 is 37.3 Å². The molecule has 1 N–H and O–H groups in total. The van der Waals surface area contributed by atoms with Crippen LogP contribution in [-0.4, -0.2) is 18.3 Å². The number of aromatic nitrogens is 1. The van der Waals surface area contributed by atoms with Gasteiger partial charge in [-0.2, -0.15) is 0 Å². The number of nitrogens with zero attached hydrogens (tertiary/aromatic N) is 2. The number of sulfonamides is 1. The quantitative estimate of drug-likeness (QED) is 0.563. The number of nitro benzene ring substituents is 1. The summed E-state index contributed by atoms with van der Waals surface area (Å²) in [5.74, 6) is 0. The van der Waals surface area contributed by atoms with Gasteiger partial charge in [-0.15, -0.1) is 11.3 Å². The molecule has 0 spiro atoms. The van der Waals surface area contributed by atoms with Crippen molar-refractivity contribution in [3.8, 4) is 0 Å². The fourth-order valence-electron chi connectivity index (χ4n) is 1.98. The zero-order valence-electron chi connectivity index (χ0n) is 11.7. The number of benzene rings is 2. The van der Waals surface area contributed by atoms with Crippen molar-refractivity contribution in [2.24, 2.45) is 0 Å². The van der Waals surface area contributed by atoms with Crippen LogP contribution in [0.3, 0.4) is 0 Å². The largest absolute Gasteiger partial charge is 0.269 e. The summed E-state index contributed by atoms with van der Waals surface area (Å²) in [5.41, 5.74) is 0.664. The molecule has 3 rings (SSSR count). The van der Waals surface area contributed by atoms with Crippen LogP contribution in [-0.2, 0) is 16.6 Å². The van der Waals surface area contributed by atoms with Crippen molar-refractivity contribution in [3.63, 3.8) is 0 Å². The molecule has 2 aromatic carbocycles. The van der Waals surface area contributed by atoms with Gasteiger partial charge >= 0.3 is 0 Å². The summed E-state index contributed by atoms with van der Waals surface area (Å²) in [7, 11) is -3.74. The van der Waals surface area contributed by atoms with E-state index in [1.165, 1.54) is 23.5 Å². The van der Waals surface area contributed by atoms with Gasteiger partial charge in [0.15, 0.2) is 0 Å². The van der Waals surface area contributed by atoms with Crippen molar-refractivity contribution in [2.45, 2.75) is 11.4 Å². The van der Waals surface area contributed by atoms with Gasteiger partial charge in [0.05, 0.1) is 26.6 Å². The van der Waals surface area contributed by atoms with E-state index >= 15 is 0 Å². The maximum Gasteiger partial charge on any atom is 0.269 e. The van der Waals surface area contributed by atoms with E-state index in [4.69, 9.17) is 0 Å². The minimum atomic E-state index is -3.74. The number of thiazole rings is 1. The second-order valence-corrected chi connectivity index (χ2v) is 7.53. The zero-order chi connectivity index (χ0) is 16.4. The van der Waals surface area contributed by atoms with Crippen molar-refractivity contribution in [1.82, 2.24) is 9.71 Å². The normalized spacial score (nSPS) is 11.7. The summed E-state index contributed by atoms with van der Waals surface area (Å²) in [5, 5.41) is 11.2. The van der Waals surface area contributed by atoms with Crippen molar-refractivity contribution < 1.29 is 13.3 Å². The first-order valence-electron chi connectivity index (χ1n) is 6.54. The molecule has 23 heavy (non-hydrogen) atoms. The van der Waals surface area contributed by atoms with Crippen LogP contribution < -0.4 is 4.72 Å². The second-order valence-electron chi connectivity index (χ2n) is 4.65. The molecule has 0 radical (unpaired) electrons. The Kier molecular flexibility index (Phi) is 4.07. The Hall–Kier alpha value is -2.36. The molecule has 1 aromatic heterocycles. The van der Waals surface area contributed by atoms with E-state index < -0.39 is 14.9 Å². The highest BCUT2D eigenvalue weighted by atomic mass is 32.2. The molecule has 0 aliphatic carbocycles. The van der Waals surface area contributed by atoms with Crippen LogP contribution in [0, 0.1) is 10.1 Å². The van der Waals surface area contributed by atoms with Gasteiger partial charge in [-0.3, -0.25) is 10.1 Å². The van der Waals surface area contributed by atoms with Crippen LogP contribution in [0.15, 0.2) is 53.4 Å². The van der Waals surface area contributed by atoms with Crippen LogP contribution in [0.2, 0.25) is 0 Å². The molecular weight excluding hydrogens is 338 g/mol. The lowest BCUT2D eigenvalue weighted by Crippen LogP contribution is -2.23. The van der Waals surface area contributed by atoms with Crippen LogP contribution in [0.25, 0.3) is 10.2 Å². The first-order chi connectivity index (χ1) is 11.0. The molecule has 0 bridgehead atoms. The summed E-state index contributed by atoms with van der Waals surface area (Å²) >= 11 is 1.41. The minimum Gasteiger partial charge on any atom is -0.258 e. The van der Waals surface area contributed by atoms with Crippen LogP contribution >= 0.6 is 11.3 Å². The van der Waals surface area contributed by atoms with Crippen LogP contribution in [0.1, 0.15) is 5.01 Å². The topological polar surface area (TPSA) is 102 Å². The van der Waals surface area contributed by atoms with E-state index in [2.05, 4.69) is 9.71 Å². The van der Waals surface area contributed by atoms with Gasteiger partial charge < -0.3 is 0 Å². The van der Waals surface area contributed by atoms with E-state index in [1.54, 1.807) is 0 Å². The number of para-hydroxylation sites is 1. The third-order valence-electron chi connectivity index (χ3n) is 3.11. The molecular formula is C14H11N3O4S2. The number of hydrogen-bond acceptors (Lipinski definition) is 6. The highest BCUT2D eigenvalue weighted by Crippen LogP contribution is 2.22. The summed E-state index contributed by atoms with van der Waals surface area (Å²) in [4.78, 5) is 14.3. The molecule has 9 heteroatoms. The standard InChI is InChI=1S/C14H11N3O4S2/c18-17(19)10-5-7-11(8-6-10)23(20,21)15-9-14-16-12-3-1-2-4-13(12)22-14/h1-8,15H,9H2. The molecule has 0 aliphatic heterocycles. The average Bonchev–Trinajstić information content (AvgIpc) is 2.96. The molecule has 0 saturated carbocycles. The van der Waals surface area contributed by atoms with E-state index in [1.807, 2.05) is 24.3 Å². The average molecular weight is 349 g/mol. The number of nitrogens with one attached hydrogen (secondary N) is 1. The monoisotopic (exact) mass is 349 g/mol. The van der Waals surface area contributed by atoms with Crippen LogP contribution in [0.4, 0.5) is 5.69 Å². The zero-order valence-corrected chi connectivity index (χ0v) is 13.3. The molecule has 0 amide bonds. The minimum absolute atomic E-state index is 0.0239. The summed E-state index contributed by atoms with van der Waals surface area (Å²) in [6.07, 6.45) is 0. The maximum atomic E-state index is 12.2. The van der Waals surface area contributed by atoms with Crippen LogP contribution in [0.5, 0.6) is 0 Å². The van der Waals surface area contributed by atoms with Gasteiger partial charge in [-0.1, -0.05) is 12.1 Å². The Morgan fingerprint density at radius 3 is 2.48 bits per heavy atom. The predicted octanol–water partition coefficient (Wildman–Crippen LogP) is 2.68. The van der Waals surface area contributed by atoms with E-state index in [0.29, 0.717) is 5.01 Å².